The molecule has 0 atom stereocenters. The highest BCUT2D eigenvalue weighted by Crippen LogP contribution is 2.23. The summed E-state index contributed by atoms with van der Waals surface area (Å²) < 4.78 is 53.4. The van der Waals surface area contributed by atoms with Crippen molar-refractivity contribution in [1.29, 1.82) is 0 Å². The molecule has 3 rings (SSSR count). The van der Waals surface area contributed by atoms with Gasteiger partial charge in [-0.15, -0.1) is 11.3 Å². The number of carbonyl (C=O) groups excluding carboxylic acids is 1. The summed E-state index contributed by atoms with van der Waals surface area (Å²) in [4.78, 5) is 17.1. The lowest BCUT2D eigenvalue weighted by Gasteiger charge is -2.10. The fourth-order valence-electron chi connectivity index (χ4n) is 2.77. The molecule has 10 heteroatoms. The van der Waals surface area contributed by atoms with E-state index < -0.39 is 26.6 Å². The van der Waals surface area contributed by atoms with Crippen LogP contribution in [0.1, 0.15) is 34.2 Å². The van der Waals surface area contributed by atoms with Crippen LogP contribution in [0.2, 0.25) is 0 Å². The summed E-state index contributed by atoms with van der Waals surface area (Å²) in [6.45, 7) is 5.95. The van der Waals surface area contributed by atoms with Gasteiger partial charge in [-0.1, -0.05) is 13.8 Å². The maximum Gasteiger partial charge on any atom is 0.267 e. The minimum atomic E-state index is -4.10. The Morgan fingerprint density at radius 1 is 1.06 bits per heavy atom. The molecule has 0 unspecified atom stereocenters. The van der Waals surface area contributed by atoms with Crippen LogP contribution in [0, 0.1) is 24.5 Å². The maximum absolute atomic E-state index is 13.3. The lowest BCUT2D eigenvalue weighted by Crippen LogP contribution is -2.14. The Morgan fingerprint density at radius 3 is 2.32 bits per heavy atom. The molecule has 0 aliphatic rings. The lowest BCUT2D eigenvalue weighted by atomic mass is 10.1. The van der Waals surface area contributed by atoms with Gasteiger partial charge in [-0.25, -0.2) is 22.2 Å². The van der Waals surface area contributed by atoms with Gasteiger partial charge in [0.2, 0.25) is 0 Å². The number of hydrogen-bond donors (Lipinski definition) is 2. The monoisotopic (exact) mass is 465 g/mol. The zero-order valence-corrected chi connectivity index (χ0v) is 18.7. The van der Waals surface area contributed by atoms with Crippen molar-refractivity contribution in [2.24, 2.45) is 5.92 Å². The van der Waals surface area contributed by atoms with Gasteiger partial charge in [0.15, 0.2) is 11.6 Å². The molecule has 6 nitrogen and oxygen atoms in total. The van der Waals surface area contributed by atoms with Crippen molar-refractivity contribution in [3.8, 4) is 0 Å². The second-order valence-corrected chi connectivity index (χ2v) is 10.1. The van der Waals surface area contributed by atoms with Crippen molar-refractivity contribution in [3.63, 3.8) is 0 Å². The fourth-order valence-corrected chi connectivity index (χ4v) is 5.01. The summed E-state index contributed by atoms with van der Waals surface area (Å²) in [7, 11) is -4.10. The number of thiazole rings is 1. The van der Waals surface area contributed by atoms with E-state index in [2.05, 4.69) is 28.9 Å². The van der Waals surface area contributed by atoms with Crippen LogP contribution in [0.4, 0.5) is 20.2 Å². The first kappa shape index (κ1) is 22.8. The van der Waals surface area contributed by atoms with Gasteiger partial charge in [-0.2, -0.15) is 0 Å². The smallest absolute Gasteiger partial charge is 0.267 e. The SMILES string of the molecule is Cc1nc(CC(C)C)sc1C(=O)Nc1ccc(NS(=O)(=O)c2ccc(F)c(F)c2)cc1. The minimum Gasteiger partial charge on any atom is -0.321 e. The predicted octanol–water partition coefficient (Wildman–Crippen LogP) is 4.98. The van der Waals surface area contributed by atoms with Gasteiger partial charge in [0, 0.05) is 17.8 Å². The molecule has 1 aromatic heterocycles. The van der Waals surface area contributed by atoms with Gasteiger partial charge in [0.25, 0.3) is 15.9 Å². The molecule has 0 saturated carbocycles. The molecule has 1 heterocycles. The number of halogens is 2. The van der Waals surface area contributed by atoms with Gasteiger partial charge in [-0.05, 0) is 55.3 Å². The Hall–Kier alpha value is -2.85. The number of nitrogens with one attached hydrogen (secondary N) is 2. The van der Waals surface area contributed by atoms with Crippen LogP contribution < -0.4 is 10.0 Å². The average Bonchev–Trinajstić information content (AvgIpc) is 3.04. The first-order valence-electron chi connectivity index (χ1n) is 9.41. The third-order valence-electron chi connectivity index (χ3n) is 4.23. The van der Waals surface area contributed by atoms with Crippen LogP contribution in [-0.2, 0) is 16.4 Å². The van der Waals surface area contributed by atoms with E-state index in [9.17, 15) is 22.0 Å². The van der Waals surface area contributed by atoms with E-state index in [1.54, 1.807) is 6.92 Å². The Kier molecular flexibility index (Phi) is 6.71. The van der Waals surface area contributed by atoms with E-state index >= 15 is 0 Å². The second kappa shape index (κ2) is 9.11. The molecule has 2 N–H and O–H groups in total. The normalized spacial score (nSPS) is 11.5. The molecular formula is C21H21F2N3O3S2. The van der Waals surface area contributed by atoms with Crippen molar-refractivity contribution in [2.75, 3.05) is 10.0 Å². The molecule has 0 bridgehead atoms. The van der Waals surface area contributed by atoms with Gasteiger partial charge in [0.05, 0.1) is 15.6 Å². The standard InChI is InChI=1S/C21H21F2N3O3S2/c1-12(2)10-19-24-13(3)20(30-19)21(27)25-14-4-6-15(7-5-14)26-31(28,29)16-8-9-17(22)18(23)11-16/h4-9,11-12,26H,10H2,1-3H3,(H,25,27). The minimum absolute atomic E-state index is 0.205. The molecule has 0 aliphatic carbocycles. The van der Waals surface area contributed by atoms with Crippen LogP contribution in [-0.4, -0.2) is 19.3 Å². The molecule has 2 aromatic carbocycles. The van der Waals surface area contributed by atoms with Gasteiger partial charge in [-0.3, -0.25) is 9.52 Å². The number of amides is 1. The largest absolute Gasteiger partial charge is 0.321 e. The highest BCUT2D eigenvalue weighted by molar-refractivity contribution is 7.92. The predicted molar refractivity (Wildman–Crippen MR) is 117 cm³/mol. The van der Waals surface area contributed by atoms with Crippen molar-refractivity contribution in [1.82, 2.24) is 4.98 Å². The van der Waals surface area contributed by atoms with E-state index in [-0.39, 0.29) is 11.6 Å². The summed E-state index contributed by atoms with van der Waals surface area (Å²) >= 11 is 1.35. The Balaban J connectivity index is 1.69. The lowest BCUT2D eigenvalue weighted by molar-refractivity contribution is 0.103. The summed E-state index contributed by atoms with van der Waals surface area (Å²) in [6.07, 6.45) is 0.797. The van der Waals surface area contributed by atoms with E-state index in [1.807, 2.05) is 0 Å². The van der Waals surface area contributed by atoms with Crippen LogP contribution in [0.25, 0.3) is 0 Å². The first-order valence-corrected chi connectivity index (χ1v) is 11.7. The van der Waals surface area contributed by atoms with Crippen molar-refractivity contribution in [3.05, 3.63) is 69.7 Å². The van der Waals surface area contributed by atoms with Gasteiger partial charge in [0.1, 0.15) is 4.88 Å². The fraction of sp³-hybridized carbons (Fsp3) is 0.238. The molecule has 0 spiro atoms. The number of sulfonamides is 1. The van der Waals surface area contributed by atoms with Crippen molar-refractivity contribution in [2.45, 2.75) is 32.1 Å². The summed E-state index contributed by atoms with van der Waals surface area (Å²) in [5.74, 6) is -2.24. The molecule has 1 amide bonds. The number of rotatable bonds is 7. The average molecular weight is 466 g/mol. The summed E-state index contributed by atoms with van der Waals surface area (Å²) in [5.41, 5.74) is 1.34. The zero-order chi connectivity index (χ0) is 22.8. The molecule has 164 valence electrons. The molecule has 3 aromatic rings. The molecule has 0 fully saturated rings. The quantitative estimate of drug-likeness (QED) is 0.515. The number of aromatic nitrogens is 1. The Morgan fingerprint density at radius 2 is 1.71 bits per heavy atom. The van der Waals surface area contributed by atoms with E-state index in [1.165, 1.54) is 35.6 Å². The van der Waals surface area contributed by atoms with E-state index in [4.69, 9.17) is 0 Å². The van der Waals surface area contributed by atoms with Crippen LogP contribution >= 0.6 is 11.3 Å². The summed E-state index contributed by atoms with van der Waals surface area (Å²) in [6, 6.07) is 8.31. The Labute approximate surface area is 183 Å². The van der Waals surface area contributed by atoms with Crippen LogP contribution in [0.15, 0.2) is 47.4 Å². The van der Waals surface area contributed by atoms with Gasteiger partial charge >= 0.3 is 0 Å². The van der Waals surface area contributed by atoms with E-state index in [0.717, 1.165) is 23.6 Å². The number of benzene rings is 2. The number of hydrogen-bond acceptors (Lipinski definition) is 5. The highest BCUT2D eigenvalue weighted by Gasteiger charge is 2.18. The van der Waals surface area contributed by atoms with Gasteiger partial charge < -0.3 is 5.32 Å². The number of anilines is 2. The van der Waals surface area contributed by atoms with Crippen molar-refractivity contribution >= 4 is 38.6 Å². The number of nitrogens with zero attached hydrogens (tertiary/aromatic N) is 1. The molecule has 0 radical (unpaired) electrons. The topological polar surface area (TPSA) is 88.2 Å². The van der Waals surface area contributed by atoms with Crippen molar-refractivity contribution < 1.29 is 22.0 Å². The van der Waals surface area contributed by atoms with Crippen LogP contribution in [0.5, 0.6) is 0 Å². The summed E-state index contributed by atoms with van der Waals surface area (Å²) in [5, 5.41) is 3.67. The number of aryl methyl sites for hydroxylation is 1. The molecule has 0 aliphatic heterocycles. The Bertz CT molecular complexity index is 1210. The third kappa shape index (κ3) is 5.65. The van der Waals surface area contributed by atoms with E-state index in [0.29, 0.717) is 28.2 Å². The zero-order valence-electron chi connectivity index (χ0n) is 17.1. The third-order valence-corrected chi connectivity index (χ3v) is 6.78. The molecule has 31 heavy (non-hydrogen) atoms. The molecule has 0 saturated heterocycles. The maximum atomic E-state index is 13.3. The molecular weight excluding hydrogens is 444 g/mol. The van der Waals surface area contributed by atoms with Crippen LogP contribution in [0.3, 0.4) is 0 Å². The number of carbonyl (C=O) groups is 1. The second-order valence-electron chi connectivity index (χ2n) is 7.33. The first-order chi connectivity index (χ1) is 14.5. The highest BCUT2D eigenvalue weighted by atomic mass is 32.2.